The quantitative estimate of drug-likeness (QED) is 0.599. The van der Waals surface area contributed by atoms with Gasteiger partial charge in [-0.25, -0.2) is 4.79 Å². The predicted octanol–water partition coefficient (Wildman–Crippen LogP) is 5.42. The SMILES string of the molecule is CC(C)CCn1c(=O)n(CCC(C)C)c2c(Br)cc(Br)cc21. The number of fused-ring (bicyclic) bond motifs is 1. The molecule has 0 unspecified atom stereocenters. The van der Waals surface area contributed by atoms with E-state index in [2.05, 4.69) is 59.6 Å². The van der Waals surface area contributed by atoms with Gasteiger partial charge in [-0.15, -0.1) is 0 Å². The van der Waals surface area contributed by atoms with Crippen molar-refractivity contribution in [2.75, 3.05) is 0 Å². The number of benzene rings is 1. The maximum absolute atomic E-state index is 12.9. The molecule has 0 N–H and O–H groups in total. The molecule has 122 valence electrons. The lowest BCUT2D eigenvalue weighted by atomic mass is 10.1. The third-order valence-electron chi connectivity index (χ3n) is 3.89. The third-order valence-corrected chi connectivity index (χ3v) is 4.95. The fourth-order valence-electron chi connectivity index (χ4n) is 2.57. The van der Waals surface area contributed by atoms with Crippen molar-refractivity contribution in [1.29, 1.82) is 0 Å². The fraction of sp³-hybridized carbons (Fsp3) is 0.588. The van der Waals surface area contributed by atoms with E-state index in [1.165, 1.54) is 0 Å². The molecule has 0 amide bonds. The topological polar surface area (TPSA) is 26.9 Å². The number of halogens is 2. The highest BCUT2D eigenvalue weighted by molar-refractivity contribution is 9.11. The van der Waals surface area contributed by atoms with Crippen molar-refractivity contribution in [2.45, 2.75) is 53.6 Å². The molecule has 0 saturated carbocycles. The molecule has 2 rings (SSSR count). The molecular formula is C17H24Br2N2O. The summed E-state index contributed by atoms with van der Waals surface area (Å²) in [6, 6.07) is 4.06. The summed E-state index contributed by atoms with van der Waals surface area (Å²) in [5.41, 5.74) is 2.13. The Morgan fingerprint density at radius 3 is 2.05 bits per heavy atom. The molecule has 1 aromatic heterocycles. The van der Waals surface area contributed by atoms with Gasteiger partial charge in [-0.2, -0.15) is 0 Å². The average Bonchev–Trinajstić information content (AvgIpc) is 2.66. The number of rotatable bonds is 6. The Kier molecular flexibility index (Phi) is 5.94. The molecule has 0 aliphatic rings. The van der Waals surface area contributed by atoms with Crippen molar-refractivity contribution >= 4 is 42.9 Å². The summed E-state index contributed by atoms with van der Waals surface area (Å²) < 4.78 is 5.81. The Hall–Kier alpha value is -0.550. The molecule has 0 aliphatic heterocycles. The normalized spacial score (nSPS) is 12.0. The molecule has 3 nitrogen and oxygen atoms in total. The number of aromatic nitrogens is 2. The number of imidazole rings is 1. The van der Waals surface area contributed by atoms with Crippen LogP contribution in [0.25, 0.3) is 11.0 Å². The zero-order chi connectivity index (χ0) is 16.4. The van der Waals surface area contributed by atoms with E-state index in [9.17, 15) is 4.79 Å². The van der Waals surface area contributed by atoms with E-state index in [-0.39, 0.29) is 5.69 Å². The van der Waals surface area contributed by atoms with Crippen LogP contribution in [0.3, 0.4) is 0 Å². The zero-order valence-electron chi connectivity index (χ0n) is 13.7. The van der Waals surface area contributed by atoms with Crippen LogP contribution in [0.5, 0.6) is 0 Å². The van der Waals surface area contributed by atoms with Gasteiger partial charge in [0.2, 0.25) is 0 Å². The van der Waals surface area contributed by atoms with Gasteiger partial charge < -0.3 is 0 Å². The zero-order valence-corrected chi connectivity index (χ0v) is 16.9. The van der Waals surface area contributed by atoms with E-state index in [0.29, 0.717) is 11.8 Å². The molecule has 2 aromatic rings. The summed E-state index contributed by atoms with van der Waals surface area (Å²) in [6.45, 7) is 10.3. The predicted molar refractivity (Wildman–Crippen MR) is 101 cm³/mol. The van der Waals surface area contributed by atoms with Gasteiger partial charge in [0.05, 0.1) is 11.0 Å². The van der Waals surface area contributed by atoms with Crippen LogP contribution in [0.15, 0.2) is 25.9 Å². The van der Waals surface area contributed by atoms with E-state index >= 15 is 0 Å². The summed E-state index contributed by atoms with van der Waals surface area (Å²) in [7, 11) is 0. The number of nitrogens with zero attached hydrogens (tertiary/aromatic N) is 2. The minimum absolute atomic E-state index is 0.107. The van der Waals surface area contributed by atoms with Crippen LogP contribution in [-0.4, -0.2) is 9.13 Å². The van der Waals surface area contributed by atoms with Crippen LogP contribution in [0.1, 0.15) is 40.5 Å². The Morgan fingerprint density at radius 1 is 0.955 bits per heavy atom. The molecule has 0 bridgehead atoms. The van der Waals surface area contributed by atoms with Crippen molar-refractivity contribution in [1.82, 2.24) is 9.13 Å². The minimum atomic E-state index is 0.107. The molecule has 0 atom stereocenters. The van der Waals surface area contributed by atoms with E-state index < -0.39 is 0 Å². The van der Waals surface area contributed by atoms with Crippen LogP contribution in [0.4, 0.5) is 0 Å². The summed E-state index contributed by atoms with van der Waals surface area (Å²) in [5.74, 6) is 1.16. The summed E-state index contributed by atoms with van der Waals surface area (Å²) in [6.07, 6.45) is 2.01. The molecule has 1 aromatic carbocycles. The van der Waals surface area contributed by atoms with Gasteiger partial charge in [-0.3, -0.25) is 9.13 Å². The molecule has 0 aliphatic carbocycles. The molecule has 0 fully saturated rings. The smallest absolute Gasteiger partial charge is 0.292 e. The summed E-state index contributed by atoms with van der Waals surface area (Å²) in [4.78, 5) is 12.9. The van der Waals surface area contributed by atoms with Crippen LogP contribution < -0.4 is 5.69 Å². The Morgan fingerprint density at radius 2 is 1.50 bits per heavy atom. The Labute approximate surface area is 149 Å². The van der Waals surface area contributed by atoms with E-state index in [1.807, 2.05) is 21.3 Å². The first-order chi connectivity index (χ1) is 10.3. The van der Waals surface area contributed by atoms with Gasteiger partial charge in [0.1, 0.15) is 0 Å². The maximum atomic E-state index is 12.9. The van der Waals surface area contributed by atoms with Gasteiger partial charge >= 0.3 is 5.69 Å². The lowest BCUT2D eigenvalue weighted by Gasteiger charge is -2.07. The third kappa shape index (κ3) is 3.85. The number of hydrogen-bond donors (Lipinski definition) is 0. The second kappa shape index (κ2) is 7.35. The second-order valence-corrected chi connectivity index (χ2v) is 8.48. The van der Waals surface area contributed by atoms with Crippen LogP contribution in [0.2, 0.25) is 0 Å². The highest BCUT2D eigenvalue weighted by Crippen LogP contribution is 2.29. The highest BCUT2D eigenvalue weighted by atomic mass is 79.9. The minimum Gasteiger partial charge on any atom is -0.292 e. The average molecular weight is 432 g/mol. The van der Waals surface area contributed by atoms with Gasteiger partial charge in [-0.1, -0.05) is 43.6 Å². The Bertz CT molecular complexity index is 713. The second-order valence-electron chi connectivity index (χ2n) is 6.71. The van der Waals surface area contributed by atoms with Crippen LogP contribution >= 0.6 is 31.9 Å². The van der Waals surface area contributed by atoms with Crippen LogP contribution in [-0.2, 0) is 13.1 Å². The fourth-order valence-corrected chi connectivity index (χ4v) is 3.98. The van der Waals surface area contributed by atoms with Crippen molar-refractivity contribution in [3.05, 3.63) is 31.6 Å². The van der Waals surface area contributed by atoms with Crippen molar-refractivity contribution in [3.63, 3.8) is 0 Å². The standard InChI is InChI=1S/C17H24Br2N2O/c1-11(2)5-7-20-15-10-13(18)9-14(19)16(15)21(17(20)22)8-6-12(3)4/h9-12H,5-8H2,1-4H3. The van der Waals surface area contributed by atoms with Crippen molar-refractivity contribution < 1.29 is 0 Å². The van der Waals surface area contributed by atoms with Gasteiger partial charge in [0, 0.05) is 22.0 Å². The van der Waals surface area contributed by atoms with Gasteiger partial charge in [0.15, 0.2) is 0 Å². The van der Waals surface area contributed by atoms with Crippen LogP contribution in [0, 0.1) is 11.8 Å². The number of aryl methyl sites for hydroxylation is 2. The van der Waals surface area contributed by atoms with Gasteiger partial charge in [-0.05, 0) is 52.7 Å². The largest absolute Gasteiger partial charge is 0.329 e. The lowest BCUT2D eigenvalue weighted by Crippen LogP contribution is -2.25. The van der Waals surface area contributed by atoms with E-state index in [1.54, 1.807) is 0 Å². The van der Waals surface area contributed by atoms with Crippen molar-refractivity contribution in [2.24, 2.45) is 11.8 Å². The summed E-state index contributed by atoms with van der Waals surface area (Å²) in [5, 5.41) is 0. The molecule has 5 heteroatoms. The molecule has 1 heterocycles. The van der Waals surface area contributed by atoms with E-state index in [4.69, 9.17) is 0 Å². The number of hydrogen-bond acceptors (Lipinski definition) is 1. The molecule has 0 spiro atoms. The molecular weight excluding hydrogens is 408 g/mol. The first-order valence-electron chi connectivity index (χ1n) is 7.89. The first kappa shape index (κ1) is 17.8. The maximum Gasteiger partial charge on any atom is 0.329 e. The van der Waals surface area contributed by atoms with Crippen molar-refractivity contribution in [3.8, 4) is 0 Å². The first-order valence-corrected chi connectivity index (χ1v) is 9.48. The lowest BCUT2D eigenvalue weighted by molar-refractivity contribution is 0.486. The molecule has 0 saturated heterocycles. The highest BCUT2D eigenvalue weighted by Gasteiger charge is 2.16. The monoisotopic (exact) mass is 430 g/mol. The van der Waals surface area contributed by atoms with Gasteiger partial charge in [0.25, 0.3) is 0 Å². The molecule has 0 radical (unpaired) electrons. The molecule has 22 heavy (non-hydrogen) atoms. The Balaban J connectivity index is 2.58. The van der Waals surface area contributed by atoms with E-state index in [0.717, 1.165) is 45.9 Å². The summed E-state index contributed by atoms with van der Waals surface area (Å²) >= 11 is 7.17.